The third kappa shape index (κ3) is 2.13. The van der Waals surface area contributed by atoms with Gasteiger partial charge in [-0.3, -0.25) is 5.48 Å². The zero-order valence-corrected chi connectivity index (χ0v) is 9.28. The Labute approximate surface area is 104 Å². The average molecular weight is 279 g/mol. The first-order chi connectivity index (χ1) is 8.78. The molecule has 1 heterocycles. The molecule has 3 N–H and O–H groups in total. The molecule has 1 aliphatic rings. The molecule has 1 aromatic carbocycles. The number of phenols is 1. The molecule has 1 unspecified atom stereocenters. The van der Waals surface area contributed by atoms with Crippen LogP contribution in [0.15, 0.2) is 30.3 Å². The monoisotopic (exact) mass is 279 g/mol. The fraction of sp³-hybridized carbons (Fsp3) is 0.273. The topological polar surface area (TPSA) is 61.7 Å². The number of alkyl halides is 4. The van der Waals surface area contributed by atoms with Crippen molar-refractivity contribution in [2.75, 3.05) is 0 Å². The summed E-state index contributed by atoms with van der Waals surface area (Å²) in [7, 11) is 0. The summed E-state index contributed by atoms with van der Waals surface area (Å²) in [6.45, 7) is 0. The number of nitrogens with one attached hydrogen (secondary N) is 1. The van der Waals surface area contributed by atoms with E-state index in [4.69, 9.17) is 0 Å². The smallest absolute Gasteiger partial charge is 0.365 e. The molecule has 1 aliphatic heterocycles. The standard InChI is InChI=1S/C11H9F4NO3/c12-9(13)11(14,15)10(18)5-7(16-19-10)6-3-1-2-4-8(6)17/h1-5,9,16-18H. The zero-order chi connectivity index (χ0) is 14.3. The minimum absolute atomic E-state index is 0.0310. The van der Waals surface area contributed by atoms with Gasteiger partial charge in [0, 0.05) is 11.6 Å². The van der Waals surface area contributed by atoms with Crippen molar-refractivity contribution in [1.82, 2.24) is 5.48 Å². The SMILES string of the molecule is Oc1ccccc1C1=CC(O)(C(F)(F)C(F)F)ON1. The Hall–Kier alpha value is -1.80. The Morgan fingerprint density at radius 1 is 1.26 bits per heavy atom. The summed E-state index contributed by atoms with van der Waals surface area (Å²) in [5, 5.41) is 18.9. The zero-order valence-electron chi connectivity index (χ0n) is 9.28. The highest BCUT2D eigenvalue weighted by atomic mass is 19.3. The molecule has 0 saturated heterocycles. The van der Waals surface area contributed by atoms with Crippen LogP contribution in [0.5, 0.6) is 5.75 Å². The molecule has 104 valence electrons. The van der Waals surface area contributed by atoms with Crippen LogP contribution in [-0.4, -0.2) is 28.3 Å². The van der Waals surface area contributed by atoms with Gasteiger partial charge in [-0.25, -0.2) is 13.6 Å². The lowest BCUT2D eigenvalue weighted by molar-refractivity contribution is -0.328. The maximum atomic E-state index is 13.2. The first kappa shape index (κ1) is 13.6. The van der Waals surface area contributed by atoms with Crippen molar-refractivity contribution in [1.29, 1.82) is 0 Å². The van der Waals surface area contributed by atoms with E-state index >= 15 is 0 Å². The number of aliphatic hydroxyl groups is 1. The van der Waals surface area contributed by atoms with Gasteiger partial charge in [-0.05, 0) is 12.1 Å². The van der Waals surface area contributed by atoms with Gasteiger partial charge in [0.2, 0.25) is 0 Å². The number of aromatic hydroxyl groups is 1. The van der Waals surface area contributed by atoms with Gasteiger partial charge in [0.1, 0.15) is 5.75 Å². The van der Waals surface area contributed by atoms with E-state index in [0.717, 1.165) is 0 Å². The number of halogens is 4. The Bertz CT molecular complexity index is 520. The van der Waals surface area contributed by atoms with Crippen LogP contribution < -0.4 is 5.48 Å². The van der Waals surface area contributed by atoms with Crippen LogP contribution in [0.3, 0.4) is 0 Å². The van der Waals surface area contributed by atoms with Crippen molar-refractivity contribution >= 4 is 5.70 Å². The maximum Gasteiger partial charge on any atom is 0.365 e. The molecule has 0 aromatic heterocycles. The Balaban J connectivity index is 2.39. The third-order valence-corrected chi connectivity index (χ3v) is 2.60. The molecule has 0 radical (unpaired) electrons. The van der Waals surface area contributed by atoms with E-state index < -0.39 is 18.1 Å². The van der Waals surface area contributed by atoms with E-state index in [1.165, 1.54) is 24.3 Å². The highest BCUT2D eigenvalue weighted by Crippen LogP contribution is 2.41. The number of rotatable bonds is 3. The van der Waals surface area contributed by atoms with Crippen molar-refractivity contribution < 1.29 is 32.6 Å². The van der Waals surface area contributed by atoms with Crippen molar-refractivity contribution in [2.24, 2.45) is 0 Å². The summed E-state index contributed by atoms with van der Waals surface area (Å²) < 4.78 is 50.8. The molecule has 4 nitrogen and oxygen atoms in total. The number of phenolic OH excluding ortho intramolecular Hbond substituents is 1. The number of benzene rings is 1. The molecule has 0 aliphatic carbocycles. The molecule has 1 atom stereocenters. The normalized spacial score (nSPS) is 23.4. The van der Waals surface area contributed by atoms with Crippen LogP contribution in [-0.2, 0) is 4.84 Å². The third-order valence-electron chi connectivity index (χ3n) is 2.60. The summed E-state index contributed by atoms with van der Waals surface area (Å²) in [5.74, 6) is -8.57. The lowest BCUT2D eigenvalue weighted by Gasteiger charge is -2.27. The summed E-state index contributed by atoms with van der Waals surface area (Å²) in [4.78, 5) is 4.16. The van der Waals surface area contributed by atoms with Crippen LogP contribution in [0.4, 0.5) is 17.6 Å². The number of hydroxylamine groups is 1. The fourth-order valence-electron chi connectivity index (χ4n) is 1.54. The number of para-hydroxylation sites is 1. The average Bonchev–Trinajstić information content (AvgIpc) is 2.74. The molecule has 0 saturated carbocycles. The Morgan fingerprint density at radius 2 is 1.89 bits per heavy atom. The van der Waals surface area contributed by atoms with E-state index in [-0.39, 0.29) is 17.0 Å². The van der Waals surface area contributed by atoms with E-state index in [2.05, 4.69) is 4.84 Å². The molecule has 0 amide bonds. The van der Waals surface area contributed by atoms with Crippen molar-refractivity contribution in [3.8, 4) is 5.75 Å². The van der Waals surface area contributed by atoms with Crippen molar-refractivity contribution in [3.05, 3.63) is 35.9 Å². The maximum absolute atomic E-state index is 13.2. The van der Waals surface area contributed by atoms with Crippen LogP contribution in [0, 0.1) is 0 Å². The summed E-state index contributed by atoms with van der Waals surface area (Å²) in [6.07, 6.45) is -3.71. The second-order valence-corrected chi connectivity index (χ2v) is 3.90. The second kappa shape index (κ2) is 4.39. The minimum Gasteiger partial charge on any atom is -0.507 e. The Kier molecular flexibility index (Phi) is 3.15. The quantitative estimate of drug-likeness (QED) is 0.739. The van der Waals surface area contributed by atoms with E-state index in [9.17, 15) is 27.8 Å². The van der Waals surface area contributed by atoms with Gasteiger partial charge >= 0.3 is 12.3 Å². The second-order valence-electron chi connectivity index (χ2n) is 3.90. The lowest BCUT2D eigenvalue weighted by atomic mass is 10.1. The summed E-state index contributed by atoms with van der Waals surface area (Å²) in [5.41, 5.74) is 1.70. The van der Waals surface area contributed by atoms with Crippen LogP contribution >= 0.6 is 0 Å². The lowest BCUT2D eigenvalue weighted by Crippen LogP contribution is -2.52. The molecule has 0 bridgehead atoms. The minimum atomic E-state index is -4.80. The first-order valence-electron chi connectivity index (χ1n) is 5.11. The number of hydrogen-bond donors (Lipinski definition) is 3. The van der Waals surface area contributed by atoms with E-state index in [0.29, 0.717) is 6.08 Å². The molecular formula is C11H9F4NO3. The van der Waals surface area contributed by atoms with Gasteiger partial charge in [0.25, 0.3) is 5.79 Å². The fourth-order valence-corrected chi connectivity index (χ4v) is 1.54. The van der Waals surface area contributed by atoms with Gasteiger partial charge in [-0.1, -0.05) is 12.1 Å². The Morgan fingerprint density at radius 3 is 2.47 bits per heavy atom. The van der Waals surface area contributed by atoms with Gasteiger partial charge in [0.15, 0.2) is 0 Å². The van der Waals surface area contributed by atoms with E-state index in [1.54, 1.807) is 0 Å². The van der Waals surface area contributed by atoms with Gasteiger partial charge in [-0.15, -0.1) is 0 Å². The van der Waals surface area contributed by atoms with Crippen molar-refractivity contribution in [2.45, 2.75) is 18.1 Å². The summed E-state index contributed by atoms with van der Waals surface area (Å²) in [6, 6.07) is 5.57. The first-order valence-corrected chi connectivity index (χ1v) is 5.11. The van der Waals surface area contributed by atoms with E-state index in [1.807, 2.05) is 5.48 Å². The number of hydrogen-bond acceptors (Lipinski definition) is 4. The predicted molar refractivity (Wildman–Crippen MR) is 56.2 cm³/mol. The molecule has 19 heavy (non-hydrogen) atoms. The molecular weight excluding hydrogens is 270 g/mol. The van der Waals surface area contributed by atoms with Crippen LogP contribution in [0.2, 0.25) is 0 Å². The molecule has 2 rings (SSSR count). The van der Waals surface area contributed by atoms with Gasteiger partial charge in [0.05, 0.1) is 5.70 Å². The summed E-state index contributed by atoms with van der Waals surface area (Å²) >= 11 is 0. The highest BCUT2D eigenvalue weighted by Gasteiger charge is 2.62. The largest absolute Gasteiger partial charge is 0.507 e. The van der Waals surface area contributed by atoms with Gasteiger partial charge < -0.3 is 10.2 Å². The molecule has 0 spiro atoms. The van der Waals surface area contributed by atoms with Crippen LogP contribution in [0.25, 0.3) is 5.70 Å². The predicted octanol–water partition coefficient (Wildman–Crippen LogP) is 1.86. The van der Waals surface area contributed by atoms with Gasteiger partial charge in [-0.2, -0.15) is 8.78 Å². The highest BCUT2D eigenvalue weighted by molar-refractivity contribution is 5.70. The van der Waals surface area contributed by atoms with Crippen LogP contribution in [0.1, 0.15) is 5.56 Å². The van der Waals surface area contributed by atoms with Crippen molar-refractivity contribution in [3.63, 3.8) is 0 Å². The molecule has 8 heteroatoms. The molecule has 1 aromatic rings. The molecule has 0 fully saturated rings.